The lowest BCUT2D eigenvalue weighted by Crippen LogP contribution is -2.11. The molecule has 0 fully saturated rings. The standard InChI is InChI=1S/C11H7Cl2N3O3/c12-8-2-1-7(5-9(8)13)10(17)6-15-4-3-11(14-15)16(18)19/h1-5H,6H2. The van der Waals surface area contributed by atoms with Gasteiger partial charge in [-0.2, -0.15) is 4.68 Å². The summed E-state index contributed by atoms with van der Waals surface area (Å²) < 4.78 is 1.20. The predicted molar refractivity (Wildman–Crippen MR) is 69.7 cm³/mol. The van der Waals surface area contributed by atoms with Gasteiger partial charge in [-0.3, -0.25) is 4.79 Å². The molecular formula is C11H7Cl2N3O3. The van der Waals surface area contributed by atoms with E-state index in [-0.39, 0.29) is 23.2 Å². The Labute approximate surface area is 117 Å². The van der Waals surface area contributed by atoms with Crippen LogP contribution in [0.25, 0.3) is 0 Å². The number of nitro groups is 1. The van der Waals surface area contributed by atoms with Crippen molar-refractivity contribution in [2.24, 2.45) is 0 Å². The summed E-state index contributed by atoms with van der Waals surface area (Å²) in [5.41, 5.74) is 0.368. The maximum Gasteiger partial charge on any atom is 0.389 e. The van der Waals surface area contributed by atoms with Crippen molar-refractivity contribution in [3.05, 3.63) is 56.2 Å². The molecule has 0 radical (unpaired) electrons. The minimum absolute atomic E-state index is 0.105. The van der Waals surface area contributed by atoms with Crippen molar-refractivity contribution in [1.82, 2.24) is 9.78 Å². The third-order valence-electron chi connectivity index (χ3n) is 2.36. The van der Waals surface area contributed by atoms with Crippen molar-refractivity contribution in [2.75, 3.05) is 0 Å². The molecular weight excluding hydrogens is 293 g/mol. The summed E-state index contributed by atoms with van der Waals surface area (Å²) in [7, 11) is 0. The number of halogens is 2. The number of hydrogen-bond acceptors (Lipinski definition) is 4. The van der Waals surface area contributed by atoms with Crippen molar-refractivity contribution in [3.63, 3.8) is 0 Å². The number of nitrogens with zero attached hydrogens (tertiary/aromatic N) is 3. The van der Waals surface area contributed by atoms with E-state index in [0.29, 0.717) is 10.6 Å². The van der Waals surface area contributed by atoms with E-state index in [1.54, 1.807) is 0 Å². The molecule has 0 saturated carbocycles. The summed E-state index contributed by atoms with van der Waals surface area (Å²) in [6.07, 6.45) is 1.37. The predicted octanol–water partition coefficient (Wildman–Crippen LogP) is 2.98. The summed E-state index contributed by atoms with van der Waals surface area (Å²) in [5, 5.41) is 14.7. The SMILES string of the molecule is O=C(Cn1ccc([N+](=O)[O-])n1)c1ccc(Cl)c(Cl)c1. The third-order valence-corrected chi connectivity index (χ3v) is 3.10. The van der Waals surface area contributed by atoms with E-state index in [4.69, 9.17) is 23.2 Å². The molecule has 1 aromatic carbocycles. The molecule has 98 valence electrons. The molecule has 19 heavy (non-hydrogen) atoms. The average Bonchev–Trinajstić information content (AvgIpc) is 2.81. The van der Waals surface area contributed by atoms with Crippen LogP contribution in [0.15, 0.2) is 30.5 Å². The number of Topliss-reactive ketones (excluding diaryl/α,β-unsaturated/α-hetero) is 1. The second-order valence-corrected chi connectivity index (χ2v) is 4.50. The summed E-state index contributed by atoms with van der Waals surface area (Å²) >= 11 is 11.6. The van der Waals surface area contributed by atoms with Crippen LogP contribution in [0.1, 0.15) is 10.4 Å². The Morgan fingerprint density at radius 3 is 2.63 bits per heavy atom. The minimum Gasteiger partial charge on any atom is -0.358 e. The van der Waals surface area contributed by atoms with Crippen LogP contribution in [0, 0.1) is 10.1 Å². The fraction of sp³-hybridized carbons (Fsp3) is 0.0909. The molecule has 0 amide bonds. The third kappa shape index (κ3) is 3.10. The molecule has 1 heterocycles. The molecule has 0 N–H and O–H groups in total. The van der Waals surface area contributed by atoms with Crippen LogP contribution in [-0.2, 0) is 6.54 Å². The minimum atomic E-state index is -0.625. The molecule has 8 heteroatoms. The van der Waals surface area contributed by atoms with Gasteiger partial charge in [0.25, 0.3) is 0 Å². The van der Waals surface area contributed by atoms with Gasteiger partial charge in [-0.25, -0.2) is 0 Å². The topological polar surface area (TPSA) is 78.0 Å². The first-order valence-corrected chi connectivity index (χ1v) is 5.89. The van der Waals surface area contributed by atoms with Gasteiger partial charge < -0.3 is 10.1 Å². The highest BCUT2D eigenvalue weighted by molar-refractivity contribution is 6.42. The smallest absolute Gasteiger partial charge is 0.358 e. The normalized spacial score (nSPS) is 10.4. The van der Waals surface area contributed by atoms with E-state index in [9.17, 15) is 14.9 Å². The Balaban J connectivity index is 2.15. The highest BCUT2D eigenvalue weighted by Gasteiger charge is 2.15. The summed E-state index contributed by atoms with van der Waals surface area (Å²) in [6, 6.07) is 5.73. The number of ketones is 1. The van der Waals surface area contributed by atoms with Gasteiger partial charge in [-0.15, -0.1) is 0 Å². The summed E-state index contributed by atoms with van der Waals surface area (Å²) in [4.78, 5) is 21.8. The van der Waals surface area contributed by atoms with Crippen molar-refractivity contribution in [2.45, 2.75) is 6.54 Å². The molecule has 0 saturated heterocycles. The number of hydrogen-bond donors (Lipinski definition) is 0. The molecule has 0 bridgehead atoms. The van der Waals surface area contributed by atoms with E-state index in [0.717, 1.165) is 0 Å². The van der Waals surface area contributed by atoms with Crippen LogP contribution >= 0.6 is 23.2 Å². The first kappa shape index (κ1) is 13.5. The zero-order valence-electron chi connectivity index (χ0n) is 9.42. The lowest BCUT2D eigenvalue weighted by Gasteiger charge is -2.01. The maximum absolute atomic E-state index is 11.9. The number of benzene rings is 1. The quantitative estimate of drug-likeness (QED) is 0.494. The van der Waals surface area contributed by atoms with Crippen LogP contribution in [-0.4, -0.2) is 20.5 Å². The van der Waals surface area contributed by atoms with E-state index in [2.05, 4.69) is 5.10 Å². The van der Waals surface area contributed by atoms with Crippen molar-refractivity contribution in [1.29, 1.82) is 0 Å². The highest BCUT2D eigenvalue weighted by atomic mass is 35.5. The van der Waals surface area contributed by atoms with Gasteiger partial charge in [0, 0.05) is 5.56 Å². The van der Waals surface area contributed by atoms with Crippen LogP contribution < -0.4 is 0 Å². The van der Waals surface area contributed by atoms with E-state index in [1.807, 2.05) is 0 Å². The number of carbonyl (C=O) groups is 1. The van der Waals surface area contributed by atoms with E-state index in [1.165, 1.54) is 35.1 Å². The molecule has 0 aliphatic rings. The molecule has 0 atom stereocenters. The van der Waals surface area contributed by atoms with Gasteiger partial charge >= 0.3 is 5.82 Å². The second kappa shape index (κ2) is 5.38. The number of rotatable bonds is 4. The Morgan fingerprint density at radius 1 is 1.32 bits per heavy atom. The Morgan fingerprint density at radius 2 is 2.05 bits per heavy atom. The Hall–Kier alpha value is -1.92. The molecule has 6 nitrogen and oxygen atoms in total. The molecule has 1 aromatic heterocycles. The van der Waals surface area contributed by atoms with Gasteiger partial charge in [-0.1, -0.05) is 23.2 Å². The number of aromatic nitrogens is 2. The van der Waals surface area contributed by atoms with Crippen LogP contribution in [0.2, 0.25) is 10.0 Å². The highest BCUT2D eigenvalue weighted by Crippen LogP contribution is 2.23. The van der Waals surface area contributed by atoms with Crippen molar-refractivity contribution in [3.8, 4) is 0 Å². The molecule has 0 aliphatic carbocycles. The maximum atomic E-state index is 11.9. The zero-order valence-corrected chi connectivity index (χ0v) is 10.9. The average molecular weight is 300 g/mol. The van der Waals surface area contributed by atoms with Gasteiger partial charge in [0.15, 0.2) is 5.78 Å². The van der Waals surface area contributed by atoms with Crippen LogP contribution in [0.3, 0.4) is 0 Å². The van der Waals surface area contributed by atoms with Crippen molar-refractivity contribution < 1.29 is 9.72 Å². The van der Waals surface area contributed by atoms with Crippen molar-refractivity contribution >= 4 is 34.8 Å². The van der Waals surface area contributed by atoms with Crippen LogP contribution in [0.4, 0.5) is 5.82 Å². The monoisotopic (exact) mass is 299 g/mol. The van der Waals surface area contributed by atoms with E-state index < -0.39 is 4.92 Å². The van der Waals surface area contributed by atoms with Gasteiger partial charge in [0.05, 0.1) is 27.4 Å². The lowest BCUT2D eigenvalue weighted by atomic mass is 10.1. The fourth-order valence-electron chi connectivity index (χ4n) is 1.44. The fourth-order valence-corrected chi connectivity index (χ4v) is 1.74. The van der Waals surface area contributed by atoms with Gasteiger partial charge in [-0.05, 0) is 23.1 Å². The first-order chi connectivity index (χ1) is 8.97. The number of carbonyl (C=O) groups excluding carboxylic acids is 1. The molecule has 2 rings (SSSR count). The Kier molecular flexibility index (Phi) is 3.82. The zero-order chi connectivity index (χ0) is 14.0. The van der Waals surface area contributed by atoms with Crippen LogP contribution in [0.5, 0.6) is 0 Å². The second-order valence-electron chi connectivity index (χ2n) is 3.68. The molecule has 0 unspecified atom stereocenters. The molecule has 0 aliphatic heterocycles. The summed E-state index contributed by atoms with van der Waals surface area (Å²) in [6.45, 7) is -0.105. The Bertz CT molecular complexity index is 654. The first-order valence-electron chi connectivity index (χ1n) is 5.13. The molecule has 0 spiro atoms. The summed E-state index contributed by atoms with van der Waals surface area (Å²) in [5.74, 6) is -0.571. The lowest BCUT2D eigenvalue weighted by molar-refractivity contribution is -0.389. The van der Waals surface area contributed by atoms with Gasteiger partial charge in [0.1, 0.15) is 6.54 Å². The van der Waals surface area contributed by atoms with E-state index >= 15 is 0 Å². The largest absolute Gasteiger partial charge is 0.389 e. The van der Waals surface area contributed by atoms with Gasteiger partial charge in [0.2, 0.25) is 0 Å². The molecule has 2 aromatic rings.